The maximum Gasteiger partial charge on any atom is 0.237 e. The highest BCUT2D eigenvalue weighted by molar-refractivity contribution is 5.81. The van der Waals surface area contributed by atoms with Gasteiger partial charge in [-0.05, 0) is 38.3 Å². The molecule has 0 spiro atoms. The van der Waals surface area contributed by atoms with E-state index >= 15 is 0 Å². The lowest BCUT2D eigenvalue weighted by atomic mass is 10.1. The second-order valence-corrected chi connectivity index (χ2v) is 4.73. The standard InChI is InChI=1S/C12H25N3O/c1-3-15(9-10(2)8-13)11-6-4-5-7-14-12(11)16/h10-11H,3-9,13H2,1-2H3,(H,14,16). The first kappa shape index (κ1) is 13.5. The average Bonchev–Trinajstić information content (AvgIpc) is 2.50. The molecule has 1 fully saturated rings. The molecule has 1 amide bonds. The number of nitrogens with one attached hydrogen (secondary N) is 1. The Kier molecular flexibility index (Phi) is 5.77. The van der Waals surface area contributed by atoms with Gasteiger partial charge in [0.2, 0.25) is 5.91 Å². The number of nitrogens with zero attached hydrogens (tertiary/aromatic N) is 1. The van der Waals surface area contributed by atoms with Crippen LogP contribution in [0.1, 0.15) is 33.1 Å². The van der Waals surface area contributed by atoms with E-state index in [9.17, 15) is 4.79 Å². The van der Waals surface area contributed by atoms with Crippen LogP contribution in [-0.4, -0.2) is 43.0 Å². The Labute approximate surface area is 98.6 Å². The molecule has 4 nitrogen and oxygen atoms in total. The predicted molar refractivity (Wildman–Crippen MR) is 66.1 cm³/mol. The molecule has 2 atom stereocenters. The molecular weight excluding hydrogens is 202 g/mol. The fourth-order valence-electron chi connectivity index (χ4n) is 2.22. The molecule has 0 aromatic carbocycles. The smallest absolute Gasteiger partial charge is 0.237 e. The molecule has 0 aromatic rings. The predicted octanol–water partition coefficient (Wildman–Crippen LogP) is 0.572. The van der Waals surface area contributed by atoms with Gasteiger partial charge in [0, 0.05) is 13.1 Å². The van der Waals surface area contributed by atoms with E-state index in [0.717, 1.165) is 38.9 Å². The number of likely N-dealkylation sites (N-methyl/N-ethyl adjacent to an activating group) is 1. The molecule has 16 heavy (non-hydrogen) atoms. The monoisotopic (exact) mass is 227 g/mol. The summed E-state index contributed by atoms with van der Waals surface area (Å²) in [6.07, 6.45) is 3.22. The van der Waals surface area contributed by atoms with E-state index in [1.165, 1.54) is 0 Å². The maximum atomic E-state index is 11.9. The molecule has 0 bridgehead atoms. The van der Waals surface area contributed by atoms with Gasteiger partial charge in [-0.3, -0.25) is 9.69 Å². The third-order valence-corrected chi connectivity index (χ3v) is 3.30. The summed E-state index contributed by atoms with van der Waals surface area (Å²) in [4.78, 5) is 14.2. The fourth-order valence-corrected chi connectivity index (χ4v) is 2.22. The molecule has 0 aliphatic carbocycles. The number of hydrogen-bond acceptors (Lipinski definition) is 3. The largest absolute Gasteiger partial charge is 0.355 e. The first-order valence-corrected chi connectivity index (χ1v) is 6.40. The summed E-state index contributed by atoms with van der Waals surface area (Å²) < 4.78 is 0. The second-order valence-electron chi connectivity index (χ2n) is 4.73. The normalized spacial score (nSPS) is 24.0. The zero-order chi connectivity index (χ0) is 12.0. The van der Waals surface area contributed by atoms with Crippen molar-refractivity contribution in [3.8, 4) is 0 Å². The molecule has 1 heterocycles. The highest BCUT2D eigenvalue weighted by atomic mass is 16.2. The highest BCUT2D eigenvalue weighted by Crippen LogP contribution is 2.13. The molecule has 0 aromatic heterocycles. The van der Waals surface area contributed by atoms with Crippen LogP contribution in [0.5, 0.6) is 0 Å². The van der Waals surface area contributed by atoms with E-state index in [1.807, 2.05) is 0 Å². The molecule has 1 aliphatic rings. The Balaban J connectivity index is 2.58. The van der Waals surface area contributed by atoms with Crippen LogP contribution in [-0.2, 0) is 4.79 Å². The zero-order valence-electron chi connectivity index (χ0n) is 10.5. The third kappa shape index (κ3) is 3.76. The first-order valence-electron chi connectivity index (χ1n) is 6.40. The van der Waals surface area contributed by atoms with Gasteiger partial charge in [-0.1, -0.05) is 13.8 Å². The Hall–Kier alpha value is -0.610. The second kappa shape index (κ2) is 6.86. The summed E-state index contributed by atoms with van der Waals surface area (Å²) in [5.74, 6) is 0.652. The summed E-state index contributed by atoms with van der Waals surface area (Å²) >= 11 is 0. The van der Waals surface area contributed by atoms with Gasteiger partial charge >= 0.3 is 0 Å². The van der Waals surface area contributed by atoms with Gasteiger partial charge < -0.3 is 11.1 Å². The van der Waals surface area contributed by atoms with Crippen LogP contribution >= 0.6 is 0 Å². The van der Waals surface area contributed by atoms with Crippen LogP contribution in [0.4, 0.5) is 0 Å². The van der Waals surface area contributed by atoms with Crippen molar-refractivity contribution in [2.45, 2.75) is 39.2 Å². The molecule has 0 radical (unpaired) electrons. The van der Waals surface area contributed by atoms with Crippen LogP contribution in [0.3, 0.4) is 0 Å². The summed E-state index contributed by atoms with van der Waals surface area (Å²) in [5.41, 5.74) is 5.64. The highest BCUT2D eigenvalue weighted by Gasteiger charge is 2.26. The first-order chi connectivity index (χ1) is 7.69. The van der Waals surface area contributed by atoms with Gasteiger partial charge in [0.1, 0.15) is 0 Å². The average molecular weight is 227 g/mol. The fraction of sp³-hybridized carbons (Fsp3) is 0.917. The van der Waals surface area contributed by atoms with Crippen molar-refractivity contribution in [1.82, 2.24) is 10.2 Å². The van der Waals surface area contributed by atoms with Crippen molar-refractivity contribution in [3.05, 3.63) is 0 Å². The van der Waals surface area contributed by atoms with E-state index in [1.54, 1.807) is 0 Å². The van der Waals surface area contributed by atoms with Gasteiger partial charge in [-0.25, -0.2) is 0 Å². The van der Waals surface area contributed by atoms with Crippen LogP contribution in [0.2, 0.25) is 0 Å². The molecule has 2 unspecified atom stereocenters. The summed E-state index contributed by atoms with van der Waals surface area (Å²) in [5, 5.41) is 2.99. The number of rotatable bonds is 5. The van der Waals surface area contributed by atoms with Gasteiger partial charge in [0.25, 0.3) is 0 Å². The van der Waals surface area contributed by atoms with Crippen molar-refractivity contribution < 1.29 is 4.79 Å². The quantitative estimate of drug-likeness (QED) is 0.722. The molecular formula is C12H25N3O. The van der Waals surface area contributed by atoms with Crippen LogP contribution < -0.4 is 11.1 Å². The molecule has 1 saturated heterocycles. The minimum Gasteiger partial charge on any atom is -0.355 e. The van der Waals surface area contributed by atoms with Crippen molar-refractivity contribution in [3.63, 3.8) is 0 Å². The topological polar surface area (TPSA) is 58.4 Å². The third-order valence-electron chi connectivity index (χ3n) is 3.30. The Bertz CT molecular complexity index is 220. The molecule has 94 valence electrons. The number of hydrogen-bond donors (Lipinski definition) is 2. The lowest BCUT2D eigenvalue weighted by Gasteiger charge is -2.30. The van der Waals surface area contributed by atoms with Gasteiger partial charge in [0.15, 0.2) is 0 Å². The summed E-state index contributed by atoms with van der Waals surface area (Å²) in [6, 6.07) is 0.0569. The van der Waals surface area contributed by atoms with E-state index in [2.05, 4.69) is 24.1 Å². The van der Waals surface area contributed by atoms with E-state index in [4.69, 9.17) is 5.73 Å². The lowest BCUT2D eigenvalue weighted by molar-refractivity contribution is -0.126. The van der Waals surface area contributed by atoms with Gasteiger partial charge in [-0.2, -0.15) is 0 Å². The number of amides is 1. The number of carbonyl (C=O) groups excluding carboxylic acids is 1. The van der Waals surface area contributed by atoms with E-state index in [0.29, 0.717) is 12.5 Å². The maximum absolute atomic E-state index is 11.9. The van der Waals surface area contributed by atoms with Crippen molar-refractivity contribution >= 4 is 5.91 Å². The number of carbonyl (C=O) groups is 1. The molecule has 1 rings (SSSR count). The molecule has 4 heteroatoms. The van der Waals surface area contributed by atoms with Gasteiger partial charge in [0.05, 0.1) is 6.04 Å². The van der Waals surface area contributed by atoms with Crippen LogP contribution in [0.15, 0.2) is 0 Å². The summed E-state index contributed by atoms with van der Waals surface area (Å²) in [6.45, 7) is 7.61. The molecule has 3 N–H and O–H groups in total. The minimum atomic E-state index is 0.0569. The van der Waals surface area contributed by atoms with Crippen molar-refractivity contribution in [1.29, 1.82) is 0 Å². The Morgan fingerprint density at radius 1 is 1.56 bits per heavy atom. The summed E-state index contributed by atoms with van der Waals surface area (Å²) in [7, 11) is 0. The van der Waals surface area contributed by atoms with E-state index in [-0.39, 0.29) is 11.9 Å². The van der Waals surface area contributed by atoms with Crippen LogP contribution in [0.25, 0.3) is 0 Å². The molecule has 0 saturated carbocycles. The van der Waals surface area contributed by atoms with Crippen LogP contribution in [0, 0.1) is 5.92 Å². The minimum absolute atomic E-state index is 0.0569. The zero-order valence-corrected chi connectivity index (χ0v) is 10.5. The van der Waals surface area contributed by atoms with Crippen molar-refractivity contribution in [2.24, 2.45) is 11.7 Å². The van der Waals surface area contributed by atoms with Gasteiger partial charge in [-0.15, -0.1) is 0 Å². The Morgan fingerprint density at radius 2 is 2.31 bits per heavy atom. The van der Waals surface area contributed by atoms with Crippen molar-refractivity contribution in [2.75, 3.05) is 26.2 Å². The lowest BCUT2D eigenvalue weighted by Crippen LogP contribution is -2.47. The van der Waals surface area contributed by atoms with E-state index < -0.39 is 0 Å². The number of nitrogens with two attached hydrogens (primary N) is 1. The Morgan fingerprint density at radius 3 is 2.94 bits per heavy atom. The SMILES string of the molecule is CCN(CC(C)CN)C1CCCCNC1=O. The molecule has 1 aliphatic heterocycles.